The number of nitrogens with zero attached hydrogens (tertiary/aromatic N) is 3. The molecule has 2 saturated carbocycles. The number of amides is 1. The Labute approximate surface area is 213 Å². The van der Waals surface area contributed by atoms with Crippen LogP contribution in [-0.4, -0.2) is 59.7 Å². The zero-order chi connectivity index (χ0) is 25.1. The number of aryl methyl sites for hydroxylation is 1. The van der Waals surface area contributed by atoms with Gasteiger partial charge in [-0.3, -0.25) is 9.78 Å². The predicted molar refractivity (Wildman–Crippen MR) is 136 cm³/mol. The lowest BCUT2D eigenvalue weighted by atomic mass is 9.87. The fourth-order valence-corrected chi connectivity index (χ4v) is 7.19. The van der Waals surface area contributed by atoms with Gasteiger partial charge < -0.3 is 15.2 Å². The third-order valence-electron chi connectivity index (χ3n) is 7.76. The molecule has 10 heteroatoms. The van der Waals surface area contributed by atoms with Crippen molar-refractivity contribution in [2.45, 2.75) is 82.8 Å². The van der Waals surface area contributed by atoms with E-state index in [4.69, 9.17) is 4.52 Å². The second kappa shape index (κ2) is 11.0. The van der Waals surface area contributed by atoms with Crippen LogP contribution in [0.3, 0.4) is 0 Å². The first-order chi connectivity index (χ1) is 17.4. The number of rotatable bonds is 9. The minimum absolute atomic E-state index is 0.0467. The highest BCUT2D eigenvalue weighted by Crippen LogP contribution is 2.40. The number of aromatic nitrogens is 2. The van der Waals surface area contributed by atoms with Crippen molar-refractivity contribution in [2.75, 3.05) is 18.8 Å². The highest BCUT2D eigenvalue weighted by Gasteiger charge is 2.33. The van der Waals surface area contributed by atoms with Crippen LogP contribution in [0, 0.1) is 12.8 Å². The van der Waals surface area contributed by atoms with Gasteiger partial charge in [-0.1, -0.05) is 11.2 Å². The summed E-state index contributed by atoms with van der Waals surface area (Å²) in [4.78, 5) is 16.9. The van der Waals surface area contributed by atoms with Crippen LogP contribution in [0.2, 0.25) is 0 Å². The van der Waals surface area contributed by atoms with E-state index in [9.17, 15) is 13.2 Å². The van der Waals surface area contributed by atoms with Gasteiger partial charge in [0.25, 0.3) is 5.91 Å². The number of nitrogens with one attached hydrogen (secondary N) is 2. The van der Waals surface area contributed by atoms with Crippen molar-refractivity contribution < 1.29 is 17.7 Å². The van der Waals surface area contributed by atoms with Crippen molar-refractivity contribution >= 4 is 15.9 Å². The summed E-state index contributed by atoms with van der Waals surface area (Å²) in [7, 11) is -3.30. The molecule has 3 heterocycles. The average Bonchev–Trinajstić information content (AvgIpc) is 3.60. The fourth-order valence-electron chi connectivity index (χ4n) is 5.28. The molecule has 2 aromatic heterocycles. The molecule has 9 nitrogen and oxygen atoms in total. The first-order valence-electron chi connectivity index (χ1n) is 13.3. The molecule has 0 bridgehead atoms. The maximum atomic E-state index is 13.1. The van der Waals surface area contributed by atoms with Crippen LogP contribution < -0.4 is 10.6 Å². The summed E-state index contributed by atoms with van der Waals surface area (Å²) in [5.41, 5.74) is 2.50. The highest BCUT2D eigenvalue weighted by molar-refractivity contribution is 7.89. The largest absolute Gasteiger partial charge is 0.360 e. The smallest absolute Gasteiger partial charge is 0.273 e. The molecule has 1 saturated heterocycles. The van der Waals surface area contributed by atoms with Gasteiger partial charge in [0, 0.05) is 49.9 Å². The number of hydrogen-bond donors (Lipinski definition) is 2. The van der Waals surface area contributed by atoms with E-state index in [1.54, 1.807) is 10.4 Å². The summed E-state index contributed by atoms with van der Waals surface area (Å²) in [6, 6.07) is 6.22. The summed E-state index contributed by atoms with van der Waals surface area (Å²) in [6.45, 7) is 3.67. The van der Waals surface area contributed by atoms with Gasteiger partial charge in [0.05, 0.1) is 11.4 Å². The van der Waals surface area contributed by atoms with Crippen LogP contribution in [0.5, 0.6) is 0 Å². The van der Waals surface area contributed by atoms with Crippen LogP contribution in [0.4, 0.5) is 0 Å². The van der Waals surface area contributed by atoms with E-state index in [0.29, 0.717) is 43.6 Å². The number of carbonyl (C=O) groups is 1. The molecule has 5 rings (SSSR count). The topological polar surface area (TPSA) is 117 Å². The number of piperidine rings is 1. The number of pyridine rings is 1. The van der Waals surface area contributed by atoms with Crippen LogP contribution >= 0.6 is 0 Å². The minimum Gasteiger partial charge on any atom is -0.360 e. The van der Waals surface area contributed by atoms with Gasteiger partial charge in [0.1, 0.15) is 5.76 Å². The average molecular weight is 516 g/mol. The quantitative estimate of drug-likeness (QED) is 0.527. The van der Waals surface area contributed by atoms with Gasteiger partial charge >= 0.3 is 0 Å². The highest BCUT2D eigenvalue weighted by atomic mass is 32.2. The lowest BCUT2D eigenvalue weighted by Crippen LogP contribution is -2.47. The molecule has 2 N–H and O–H groups in total. The molecule has 2 aromatic rings. The molecule has 0 aromatic carbocycles. The molecule has 3 fully saturated rings. The molecular weight excluding hydrogens is 478 g/mol. The van der Waals surface area contributed by atoms with E-state index in [1.165, 1.54) is 0 Å². The van der Waals surface area contributed by atoms with Crippen molar-refractivity contribution in [1.82, 2.24) is 25.1 Å². The monoisotopic (exact) mass is 515 g/mol. The SMILES string of the molecule is Cc1ccc(CNC2CCC(CS(=O)(=O)N3CCC(NC(=O)c4cc(C5CC5)on4)CC3)CC2)nc1. The zero-order valence-corrected chi connectivity index (χ0v) is 21.8. The van der Waals surface area contributed by atoms with E-state index in [2.05, 4.69) is 32.9 Å². The summed E-state index contributed by atoms with van der Waals surface area (Å²) in [5.74, 6) is 1.38. The third-order valence-corrected chi connectivity index (χ3v) is 9.81. The van der Waals surface area contributed by atoms with Crippen LogP contribution in [0.1, 0.15) is 84.8 Å². The summed E-state index contributed by atoms with van der Waals surface area (Å²) >= 11 is 0. The molecule has 36 heavy (non-hydrogen) atoms. The normalized spacial score (nSPS) is 24.0. The van der Waals surface area contributed by atoms with Gasteiger partial charge in [0.15, 0.2) is 5.69 Å². The van der Waals surface area contributed by atoms with Crippen molar-refractivity contribution in [2.24, 2.45) is 5.92 Å². The Morgan fingerprint density at radius 3 is 2.47 bits per heavy atom. The number of sulfonamides is 1. The Bertz CT molecular complexity index is 1130. The maximum Gasteiger partial charge on any atom is 0.273 e. The van der Waals surface area contributed by atoms with Crippen molar-refractivity contribution in [1.29, 1.82) is 0 Å². The second-order valence-corrected chi connectivity index (χ2v) is 12.8. The predicted octanol–water partition coefficient (Wildman–Crippen LogP) is 3.13. The molecule has 1 aliphatic heterocycles. The van der Waals surface area contributed by atoms with E-state index >= 15 is 0 Å². The minimum atomic E-state index is -3.30. The van der Waals surface area contributed by atoms with Gasteiger partial charge in [-0.15, -0.1) is 0 Å². The Balaban J connectivity index is 1.02. The lowest BCUT2D eigenvalue weighted by Gasteiger charge is -2.34. The summed E-state index contributed by atoms with van der Waals surface area (Å²) in [5, 5.41) is 10.5. The standard InChI is InChI=1S/C26H37N5O4S/c1-18-2-7-23(27-15-18)16-28-21-8-3-19(4-9-21)17-36(33,34)31-12-10-22(11-13-31)29-26(32)24-14-25(35-30-24)20-5-6-20/h2,7,14-15,19-22,28H,3-6,8-13,16-17H2,1H3,(H,29,32). The van der Waals surface area contributed by atoms with Crippen molar-refractivity contribution in [3.8, 4) is 0 Å². The molecule has 3 aliphatic rings. The maximum absolute atomic E-state index is 13.1. The molecule has 0 radical (unpaired) electrons. The summed E-state index contributed by atoms with van der Waals surface area (Å²) < 4.78 is 33.1. The lowest BCUT2D eigenvalue weighted by molar-refractivity contribution is 0.0914. The molecule has 1 amide bonds. The van der Waals surface area contributed by atoms with Crippen LogP contribution in [-0.2, 0) is 16.6 Å². The Morgan fingerprint density at radius 2 is 1.81 bits per heavy atom. The van der Waals surface area contributed by atoms with Gasteiger partial charge in [-0.05, 0) is 75.8 Å². The van der Waals surface area contributed by atoms with Crippen molar-refractivity contribution in [3.05, 3.63) is 47.1 Å². The third kappa shape index (κ3) is 6.52. The number of hydrogen-bond acceptors (Lipinski definition) is 7. The van der Waals surface area contributed by atoms with E-state index < -0.39 is 10.0 Å². The first-order valence-corrected chi connectivity index (χ1v) is 14.9. The molecular formula is C26H37N5O4S. The van der Waals surface area contributed by atoms with Gasteiger partial charge in [0.2, 0.25) is 10.0 Å². The fraction of sp³-hybridized carbons (Fsp3) is 0.654. The zero-order valence-electron chi connectivity index (χ0n) is 21.0. The van der Waals surface area contributed by atoms with E-state index in [-0.39, 0.29) is 23.6 Å². The van der Waals surface area contributed by atoms with E-state index in [0.717, 1.165) is 62.1 Å². The molecule has 2 aliphatic carbocycles. The number of carbonyl (C=O) groups excluding carboxylic acids is 1. The van der Waals surface area contributed by atoms with Gasteiger partial charge in [-0.2, -0.15) is 0 Å². The Morgan fingerprint density at radius 1 is 1.06 bits per heavy atom. The van der Waals surface area contributed by atoms with Crippen LogP contribution in [0.15, 0.2) is 28.9 Å². The van der Waals surface area contributed by atoms with Crippen molar-refractivity contribution in [3.63, 3.8) is 0 Å². The molecule has 0 spiro atoms. The molecule has 0 atom stereocenters. The second-order valence-electron chi connectivity index (χ2n) is 10.7. The van der Waals surface area contributed by atoms with Crippen LogP contribution in [0.25, 0.3) is 0 Å². The first kappa shape index (κ1) is 25.4. The molecule has 0 unspecified atom stereocenters. The summed E-state index contributed by atoms with van der Waals surface area (Å²) in [6.07, 6.45) is 9.12. The Kier molecular flexibility index (Phi) is 7.73. The molecule has 196 valence electrons. The van der Waals surface area contributed by atoms with E-state index in [1.807, 2.05) is 13.1 Å². The van der Waals surface area contributed by atoms with Gasteiger partial charge in [-0.25, -0.2) is 12.7 Å². The Hall–Kier alpha value is -2.30.